The highest BCUT2D eigenvalue weighted by atomic mass is 32.1. The Kier molecular flexibility index (Phi) is 5.62. The summed E-state index contributed by atoms with van der Waals surface area (Å²) in [5.74, 6) is 1.02. The van der Waals surface area contributed by atoms with Crippen molar-refractivity contribution < 1.29 is 9.59 Å². The van der Waals surface area contributed by atoms with Crippen molar-refractivity contribution in [3.05, 3.63) is 22.4 Å². The summed E-state index contributed by atoms with van der Waals surface area (Å²) in [4.78, 5) is 27.7. The van der Waals surface area contributed by atoms with Gasteiger partial charge in [0.25, 0.3) is 5.91 Å². The van der Waals surface area contributed by atoms with Crippen molar-refractivity contribution in [2.75, 3.05) is 13.1 Å². The summed E-state index contributed by atoms with van der Waals surface area (Å²) < 4.78 is 0. The van der Waals surface area contributed by atoms with Gasteiger partial charge in [-0.15, -0.1) is 11.3 Å². The molecule has 2 heterocycles. The Hall–Kier alpha value is -1.36. The first-order valence-corrected chi connectivity index (χ1v) is 8.89. The van der Waals surface area contributed by atoms with Crippen LogP contribution in [0.4, 0.5) is 0 Å². The zero-order chi connectivity index (χ0) is 16.3. The Morgan fingerprint density at radius 2 is 1.91 bits per heavy atom. The van der Waals surface area contributed by atoms with Crippen molar-refractivity contribution in [1.82, 2.24) is 10.2 Å². The number of piperidine rings is 1. The molecular formula is C17H26N2O2S. The van der Waals surface area contributed by atoms with Gasteiger partial charge in [0.2, 0.25) is 5.91 Å². The van der Waals surface area contributed by atoms with Gasteiger partial charge in [-0.3, -0.25) is 9.59 Å². The van der Waals surface area contributed by atoms with Crippen LogP contribution in [0.15, 0.2) is 17.5 Å². The van der Waals surface area contributed by atoms with Gasteiger partial charge in [-0.05, 0) is 35.6 Å². The molecule has 1 N–H and O–H groups in total. The summed E-state index contributed by atoms with van der Waals surface area (Å²) in [6.07, 6.45) is 1.16. The molecule has 1 aliphatic heterocycles. The SMILES string of the molecule is CC1CC(C)CN(C(=O)C(NC(=O)c2cccs2)C(C)C)C1. The van der Waals surface area contributed by atoms with E-state index in [0.29, 0.717) is 16.7 Å². The lowest BCUT2D eigenvalue weighted by Gasteiger charge is -2.37. The van der Waals surface area contributed by atoms with E-state index in [9.17, 15) is 9.59 Å². The van der Waals surface area contributed by atoms with Crippen LogP contribution in [-0.2, 0) is 4.79 Å². The minimum absolute atomic E-state index is 0.0540. The summed E-state index contributed by atoms with van der Waals surface area (Å²) in [6.45, 7) is 9.92. The molecule has 0 aliphatic carbocycles. The van der Waals surface area contributed by atoms with Crippen LogP contribution in [0.1, 0.15) is 43.8 Å². The molecule has 5 heteroatoms. The number of rotatable bonds is 4. The highest BCUT2D eigenvalue weighted by molar-refractivity contribution is 7.12. The fraction of sp³-hybridized carbons (Fsp3) is 0.647. The average Bonchev–Trinajstić information content (AvgIpc) is 2.96. The number of thiophene rings is 1. The number of amides is 2. The molecule has 3 atom stereocenters. The highest BCUT2D eigenvalue weighted by Crippen LogP contribution is 2.22. The van der Waals surface area contributed by atoms with Gasteiger partial charge in [-0.25, -0.2) is 0 Å². The van der Waals surface area contributed by atoms with E-state index in [1.165, 1.54) is 11.3 Å². The molecule has 2 rings (SSSR count). The summed E-state index contributed by atoms with van der Waals surface area (Å²) >= 11 is 1.40. The van der Waals surface area contributed by atoms with E-state index in [1.54, 1.807) is 6.07 Å². The highest BCUT2D eigenvalue weighted by Gasteiger charge is 2.32. The second kappa shape index (κ2) is 7.27. The van der Waals surface area contributed by atoms with Crippen LogP contribution in [0, 0.1) is 17.8 Å². The van der Waals surface area contributed by atoms with E-state index >= 15 is 0 Å². The summed E-state index contributed by atoms with van der Waals surface area (Å²) in [5.41, 5.74) is 0. The molecular weight excluding hydrogens is 296 g/mol. The van der Waals surface area contributed by atoms with Crippen molar-refractivity contribution in [1.29, 1.82) is 0 Å². The van der Waals surface area contributed by atoms with Gasteiger partial charge >= 0.3 is 0 Å². The van der Waals surface area contributed by atoms with Crippen molar-refractivity contribution in [3.63, 3.8) is 0 Å². The second-order valence-electron chi connectivity index (χ2n) is 6.86. The van der Waals surface area contributed by atoms with Gasteiger partial charge in [0.05, 0.1) is 4.88 Å². The van der Waals surface area contributed by atoms with E-state index in [2.05, 4.69) is 19.2 Å². The van der Waals surface area contributed by atoms with Crippen LogP contribution in [-0.4, -0.2) is 35.8 Å². The smallest absolute Gasteiger partial charge is 0.262 e. The fourth-order valence-electron chi connectivity index (χ4n) is 3.17. The Morgan fingerprint density at radius 1 is 1.27 bits per heavy atom. The van der Waals surface area contributed by atoms with Gasteiger partial charge in [-0.1, -0.05) is 33.8 Å². The second-order valence-corrected chi connectivity index (χ2v) is 7.81. The summed E-state index contributed by atoms with van der Waals surface area (Å²) in [7, 11) is 0. The molecule has 22 heavy (non-hydrogen) atoms. The zero-order valence-corrected chi connectivity index (χ0v) is 14.7. The number of hydrogen-bond donors (Lipinski definition) is 1. The van der Waals surface area contributed by atoms with Gasteiger partial charge < -0.3 is 10.2 Å². The van der Waals surface area contributed by atoms with Gasteiger partial charge in [0, 0.05) is 13.1 Å². The van der Waals surface area contributed by atoms with Crippen LogP contribution >= 0.6 is 11.3 Å². The third-order valence-corrected chi connectivity index (χ3v) is 5.01. The predicted octanol–water partition coefficient (Wildman–Crippen LogP) is 3.01. The van der Waals surface area contributed by atoms with Crippen molar-refractivity contribution in [2.45, 2.75) is 40.2 Å². The molecule has 1 aliphatic rings. The summed E-state index contributed by atoms with van der Waals surface area (Å²) in [6, 6.07) is 3.18. The molecule has 0 spiro atoms. The number of carbonyl (C=O) groups is 2. The minimum atomic E-state index is -0.452. The molecule has 0 aromatic carbocycles. The van der Waals surface area contributed by atoms with E-state index in [0.717, 1.165) is 19.5 Å². The maximum absolute atomic E-state index is 12.9. The van der Waals surface area contributed by atoms with Crippen LogP contribution in [0.3, 0.4) is 0 Å². The molecule has 1 fully saturated rings. The molecule has 4 nitrogen and oxygen atoms in total. The number of likely N-dealkylation sites (tertiary alicyclic amines) is 1. The van der Waals surface area contributed by atoms with E-state index in [1.807, 2.05) is 30.2 Å². The molecule has 1 aromatic rings. The monoisotopic (exact) mass is 322 g/mol. The Labute approximate surface area is 136 Å². The zero-order valence-electron chi connectivity index (χ0n) is 13.8. The number of hydrogen-bond acceptors (Lipinski definition) is 3. The molecule has 0 bridgehead atoms. The number of nitrogens with one attached hydrogen (secondary N) is 1. The van der Waals surface area contributed by atoms with E-state index in [-0.39, 0.29) is 17.7 Å². The van der Waals surface area contributed by atoms with Crippen molar-refractivity contribution in [3.8, 4) is 0 Å². The first kappa shape index (κ1) is 17.0. The minimum Gasteiger partial charge on any atom is -0.340 e. The third-order valence-electron chi connectivity index (χ3n) is 4.14. The lowest BCUT2D eigenvalue weighted by Crippen LogP contribution is -2.54. The van der Waals surface area contributed by atoms with E-state index in [4.69, 9.17) is 0 Å². The van der Waals surface area contributed by atoms with Crippen LogP contribution in [0.2, 0.25) is 0 Å². The molecule has 0 saturated carbocycles. The van der Waals surface area contributed by atoms with Crippen LogP contribution in [0.25, 0.3) is 0 Å². The lowest BCUT2D eigenvalue weighted by atomic mass is 9.90. The Bertz CT molecular complexity index is 503. The van der Waals surface area contributed by atoms with Gasteiger partial charge in [-0.2, -0.15) is 0 Å². The fourth-order valence-corrected chi connectivity index (χ4v) is 3.80. The Balaban J connectivity index is 2.07. The topological polar surface area (TPSA) is 49.4 Å². The first-order chi connectivity index (χ1) is 10.4. The lowest BCUT2D eigenvalue weighted by molar-refractivity contribution is -0.137. The third kappa shape index (κ3) is 4.09. The Morgan fingerprint density at radius 3 is 2.41 bits per heavy atom. The molecule has 122 valence electrons. The maximum atomic E-state index is 12.9. The number of carbonyl (C=O) groups excluding carboxylic acids is 2. The van der Waals surface area contributed by atoms with Crippen molar-refractivity contribution in [2.24, 2.45) is 17.8 Å². The molecule has 0 radical (unpaired) electrons. The average molecular weight is 322 g/mol. The maximum Gasteiger partial charge on any atom is 0.262 e. The molecule has 2 amide bonds. The standard InChI is InChI=1S/C17H26N2O2S/c1-11(2)15(18-16(20)14-6-5-7-22-14)17(21)19-9-12(3)8-13(4)10-19/h5-7,11-13,15H,8-10H2,1-4H3,(H,18,20). The quantitative estimate of drug-likeness (QED) is 0.926. The number of nitrogens with zero attached hydrogens (tertiary/aromatic N) is 1. The largest absolute Gasteiger partial charge is 0.340 e. The van der Waals surface area contributed by atoms with E-state index < -0.39 is 6.04 Å². The van der Waals surface area contributed by atoms with Crippen LogP contribution < -0.4 is 5.32 Å². The normalized spacial score (nSPS) is 23.4. The molecule has 1 saturated heterocycles. The molecule has 1 aromatic heterocycles. The molecule has 3 unspecified atom stereocenters. The van der Waals surface area contributed by atoms with Crippen molar-refractivity contribution >= 4 is 23.2 Å². The first-order valence-electron chi connectivity index (χ1n) is 8.01. The summed E-state index contributed by atoms with van der Waals surface area (Å²) in [5, 5.41) is 4.80. The van der Waals surface area contributed by atoms with Gasteiger partial charge in [0.1, 0.15) is 6.04 Å². The van der Waals surface area contributed by atoms with Crippen LogP contribution in [0.5, 0.6) is 0 Å². The van der Waals surface area contributed by atoms with Gasteiger partial charge in [0.15, 0.2) is 0 Å². The predicted molar refractivity (Wildman–Crippen MR) is 89.9 cm³/mol.